The molecule has 0 aromatic heterocycles. The molecule has 2 saturated heterocycles. The van der Waals surface area contributed by atoms with Gasteiger partial charge in [-0.2, -0.15) is 0 Å². The van der Waals surface area contributed by atoms with Crippen molar-refractivity contribution in [2.45, 2.75) is 44.9 Å². The maximum atomic E-state index is 12.4. The average Bonchev–Trinajstić information content (AvgIpc) is 3.09. The second kappa shape index (κ2) is 6.50. The van der Waals surface area contributed by atoms with Gasteiger partial charge in [0, 0.05) is 26.2 Å². The predicted molar refractivity (Wildman–Crippen MR) is 85.6 cm³/mol. The number of nitrogens with zero attached hydrogens (tertiary/aromatic N) is 2. The number of carbonyl (C=O) groups excluding carboxylic acids is 1. The van der Waals surface area contributed by atoms with Crippen LogP contribution in [-0.2, 0) is 6.42 Å². The van der Waals surface area contributed by atoms with Crippen LogP contribution < -0.4 is 0 Å². The van der Waals surface area contributed by atoms with Gasteiger partial charge in [-0.05, 0) is 49.1 Å². The van der Waals surface area contributed by atoms with Crippen molar-refractivity contribution in [3.63, 3.8) is 0 Å². The van der Waals surface area contributed by atoms with Crippen LogP contribution in [0.2, 0.25) is 0 Å². The summed E-state index contributed by atoms with van der Waals surface area (Å²) in [5.41, 5.74) is 2.85. The lowest BCUT2D eigenvalue weighted by Crippen LogP contribution is -2.45. The van der Waals surface area contributed by atoms with Gasteiger partial charge in [-0.3, -0.25) is 0 Å². The molecule has 2 fully saturated rings. The molecule has 0 saturated carbocycles. The standard InChI is InChI=1S/C18H26N2O/c1-2-15-5-7-16(8-6-15)17-9-13-20(14-10-17)18(21)19-11-3-4-12-19/h5-8,17H,2-4,9-14H2,1H3. The van der Waals surface area contributed by atoms with E-state index in [4.69, 9.17) is 0 Å². The lowest BCUT2D eigenvalue weighted by molar-refractivity contribution is 0.148. The lowest BCUT2D eigenvalue weighted by atomic mass is 9.89. The highest BCUT2D eigenvalue weighted by Crippen LogP contribution is 2.29. The first-order valence-corrected chi connectivity index (χ1v) is 8.40. The molecule has 2 aliphatic rings. The Hall–Kier alpha value is -1.51. The van der Waals surface area contributed by atoms with Crippen LogP contribution in [0.4, 0.5) is 4.79 Å². The Balaban J connectivity index is 1.55. The van der Waals surface area contributed by atoms with Crippen molar-refractivity contribution in [3.05, 3.63) is 35.4 Å². The van der Waals surface area contributed by atoms with E-state index in [-0.39, 0.29) is 6.03 Å². The number of rotatable bonds is 2. The molecule has 21 heavy (non-hydrogen) atoms. The summed E-state index contributed by atoms with van der Waals surface area (Å²) in [7, 11) is 0. The Morgan fingerprint density at radius 2 is 1.57 bits per heavy atom. The quantitative estimate of drug-likeness (QED) is 0.814. The first-order valence-electron chi connectivity index (χ1n) is 8.40. The molecule has 0 atom stereocenters. The van der Waals surface area contributed by atoms with Crippen LogP contribution in [0.25, 0.3) is 0 Å². The largest absolute Gasteiger partial charge is 0.325 e. The zero-order chi connectivity index (χ0) is 14.7. The monoisotopic (exact) mass is 286 g/mol. The third-order valence-electron chi connectivity index (χ3n) is 5.00. The van der Waals surface area contributed by atoms with E-state index in [2.05, 4.69) is 36.1 Å². The Bertz CT molecular complexity index is 468. The van der Waals surface area contributed by atoms with Crippen molar-refractivity contribution in [2.75, 3.05) is 26.2 Å². The fourth-order valence-electron chi connectivity index (χ4n) is 3.54. The van der Waals surface area contributed by atoms with Gasteiger partial charge in [0.25, 0.3) is 0 Å². The highest BCUT2D eigenvalue weighted by molar-refractivity contribution is 5.74. The van der Waals surface area contributed by atoms with Gasteiger partial charge in [0.05, 0.1) is 0 Å². The van der Waals surface area contributed by atoms with Crippen LogP contribution >= 0.6 is 0 Å². The minimum atomic E-state index is 0.271. The number of hydrogen-bond donors (Lipinski definition) is 0. The first-order chi connectivity index (χ1) is 10.3. The molecule has 3 heteroatoms. The van der Waals surface area contributed by atoms with E-state index in [1.54, 1.807) is 0 Å². The molecule has 114 valence electrons. The first kappa shape index (κ1) is 14.4. The van der Waals surface area contributed by atoms with Crippen molar-refractivity contribution in [1.29, 1.82) is 0 Å². The van der Waals surface area contributed by atoms with Crippen molar-refractivity contribution in [3.8, 4) is 0 Å². The molecule has 3 nitrogen and oxygen atoms in total. The molecular formula is C18H26N2O. The number of aryl methyl sites for hydroxylation is 1. The van der Waals surface area contributed by atoms with Gasteiger partial charge >= 0.3 is 6.03 Å². The normalized spacial score (nSPS) is 20.0. The zero-order valence-electron chi connectivity index (χ0n) is 13.1. The molecule has 0 unspecified atom stereocenters. The van der Waals surface area contributed by atoms with E-state index in [0.717, 1.165) is 45.4 Å². The summed E-state index contributed by atoms with van der Waals surface area (Å²) < 4.78 is 0. The lowest BCUT2D eigenvalue weighted by Gasteiger charge is -2.34. The average molecular weight is 286 g/mol. The van der Waals surface area contributed by atoms with Crippen molar-refractivity contribution in [1.82, 2.24) is 9.80 Å². The topological polar surface area (TPSA) is 23.6 Å². The summed E-state index contributed by atoms with van der Waals surface area (Å²) in [6, 6.07) is 9.32. The third kappa shape index (κ3) is 3.22. The summed E-state index contributed by atoms with van der Waals surface area (Å²) >= 11 is 0. The summed E-state index contributed by atoms with van der Waals surface area (Å²) in [5.74, 6) is 0.624. The zero-order valence-corrected chi connectivity index (χ0v) is 13.1. The number of carbonyl (C=O) groups is 1. The second-order valence-electron chi connectivity index (χ2n) is 6.33. The molecule has 2 heterocycles. The van der Waals surface area contributed by atoms with Gasteiger partial charge in [-0.25, -0.2) is 4.79 Å². The van der Waals surface area contributed by atoms with Crippen LogP contribution in [0.3, 0.4) is 0 Å². The van der Waals surface area contributed by atoms with Gasteiger partial charge in [0.15, 0.2) is 0 Å². The van der Waals surface area contributed by atoms with Gasteiger partial charge in [0.2, 0.25) is 0 Å². The molecule has 1 aromatic carbocycles. The van der Waals surface area contributed by atoms with Gasteiger partial charge in [-0.15, -0.1) is 0 Å². The maximum Gasteiger partial charge on any atom is 0.319 e. The van der Waals surface area contributed by atoms with Crippen molar-refractivity contribution in [2.24, 2.45) is 0 Å². The summed E-state index contributed by atoms with van der Waals surface area (Å²) in [6.45, 7) is 5.93. The molecule has 0 N–H and O–H groups in total. The van der Waals surface area contributed by atoms with Gasteiger partial charge in [0.1, 0.15) is 0 Å². The summed E-state index contributed by atoms with van der Waals surface area (Å²) in [4.78, 5) is 16.5. The number of urea groups is 1. The minimum absolute atomic E-state index is 0.271. The Morgan fingerprint density at radius 3 is 2.14 bits per heavy atom. The molecule has 0 aliphatic carbocycles. The van der Waals surface area contributed by atoms with E-state index < -0.39 is 0 Å². The second-order valence-corrected chi connectivity index (χ2v) is 6.33. The number of amides is 2. The van der Waals surface area contributed by atoms with E-state index >= 15 is 0 Å². The van der Waals surface area contributed by atoms with Crippen LogP contribution in [-0.4, -0.2) is 42.0 Å². The van der Waals surface area contributed by atoms with E-state index in [0.29, 0.717) is 5.92 Å². The van der Waals surface area contributed by atoms with Crippen LogP contribution in [0.1, 0.15) is 49.7 Å². The SMILES string of the molecule is CCc1ccc(C2CCN(C(=O)N3CCCC3)CC2)cc1. The molecule has 0 spiro atoms. The molecule has 2 amide bonds. The number of hydrogen-bond acceptors (Lipinski definition) is 1. The molecule has 3 rings (SSSR count). The van der Waals surface area contributed by atoms with Crippen LogP contribution in [0, 0.1) is 0 Å². The molecule has 0 radical (unpaired) electrons. The Kier molecular flexibility index (Phi) is 4.47. The highest BCUT2D eigenvalue weighted by Gasteiger charge is 2.28. The molecule has 1 aromatic rings. The smallest absolute Gasteiger partial charge is 0.319 e. The van der Waals surface area contributed by atoms with Crippen molar-refractivity contribution < 1.29 is 4.79 Å². The third-order valence-corrected chi connectivity index (χ3v) is 5.00. The Morgan fingerprint density at radius 1 is 1.00 bits per heavy atom. The summed E-state index contributed by atoms with van der Waals surface area (Å²) in [5, 5.41) is 0. The van der Waals surface area contributed by atoms with E-state index in [1.807, 2.05) is 4.90 Å². The van der Waals surface area contributed by atoms with Gasteiger partial charge < -0.3 is 9.80 Å². The van der Waals surface area contributed by atoms with Crippen LogP contribution in [0.15, 0.2) is 24.3 Å². The Labute approximate surface area is 127 Å². The number of piperidine rings is 1. The number of likely N-dealkylation sites (tertiary alicyclic amines) is 2. The minimum Gasteiger partial charge on any atom is -0.325 e. The molecule has 0 bridgehead atoms. The van der Waals surface area contributed by atoms with Crippen molar-refractivity contribution >= 4 is 6.03 Å². The predicted octanol–water partition coefficient (Wildman–Crippen LogP) is 3.64. The van der Waals surface area contributed by atoms with E-state index in [9.17, 15) is 4.79 Å². The molecule has 2 aliphatic heterocycles. The molecular weight excluding hydrogens is 260 g/mol. The summed E-state index contributed by atoms with van der Waals surface area (Å²) in [6.07, 6.45) is 5.65. The number of benzene rings is 1. The van der Waals surface area contributed by atoms with E-state index in [1.165, 1.54) is 24.0 Å². The van der Waals surface area contributed by atoms with Crippen LogP contribution in [0.5, 0.6) is 0 Å². The maximum absolute atomic E-state index is 12.4. The fraction of sp³-hybridized carbons (Fsp3) is 0.611. The fourth-order valence-corrected chi connectivity index (χ4v) is 3.54. The van der Waals surface area contributed by atoms with Gasteiger partial charge in [-0.1, -0.05) is 31.2 Å². The highest BCUT2D eigenvalue weighted by atomic mass is 16.2.